The standard InChI is InChI=1S/C6H4Br2ClN/c1-3-2-4(7)10-6(9)5(3)8/h2H,1H3. The Morgan fingerprint density at radius 1 is 1.50 bits per heavy atom. The van der Waals surface area contributed by atoms with E-state index in [4.69, 9.17) is 11.6 Å². The molecule has 1 nitrogen and oxygen atoms in total. The first kappa shape index (κ1) is 8.50. The Bertz CT molecular complexity index is 239. The fraction of sp³-hybridized carbons (Fsp3) is 0.167. The summed E-state index contributed by atoms with van der Waals surface area (Å²) in [6.45, 7) is 1.96. The van der Waals surface area contributed by atoms with Gasteiger partial charge in [0.1, 0.15) is 9.76 Å². The van der Waals surface area contributed by atoms with Crippen molar-refractivity contribution in [3.8, 4) is 0 Å². The summed E-state index contributed by atoms with van der Waals surface area (Å²) < 4.78 is 1.62. The summed E-state index contributed by atoms with van der Waals surface area (Å²) in [5.41, 5.74) is 1.08. The Kier molecular flexibility index (Phi) is 2.72. The number of aryl methyl sites for hydroxylation is 1. The molecule has 4 heteroatoms. The third kappa shape index (κ3) is 1.71. The van der Waals surface area contributed by atoms with Gasteiger partial charge in [-0.05, 0) is 50.4 Å². The molecule has 0 unspecified atom stereocenters. The van der Waals surface area contributed by atoms with E-state index in [0.29, 0.717) is 5.15 Å². The molecule has 0 bridgehead atoms. The molecule has 0 amide bonds. The Balaban J connectivity index is 3.31. The van der Waals surface area contributed by atoms with Gasteiger partial charge in [0.25, 0.3) is 0 Å². The maximum absolute atomic E-state index is 5.73. The van der Waals surface area contributed by atoms with Crippen LogP contribution >= 0.6 is 43.5 Å². The van der Waals surface area contributed by atoms with Crippen molar-refractivity contribution < 1.29 is 0 Å². The first-order valence-corrected chi connectivity index (χ1v) is 4.56. The van der Waals surface area contributed by atoms with E-state index in [-0.39, 0.29) is 0 Å². The molecule has 0 aliphatic rings. The second-order valence-corrected chi connectivity index (χ2v) is 3.83. The molecule has 1 aromatic heterocycles. The van der Waals surface area contributed by atoms with E-state index in [1.54, 1.807) is 0 Å². The molecule has 0 fully saturated rings. The molecule has 54 valence electrons. The van der Waals surface area contributed by atoms with Gasteiger partial charge in [-0.2, -0.15) is 0 Å². The number of hydrogen-bond donors (Lipinski definition) is 0. The highest BCUT2D eigenvalue weighted by Gasteiger charge is 2.02. The van der Waals surface area contributed by atoms with Crippen LogP contribution in [-0.2, 0) is 0 Å². The Morgan fingerprint density at radius 3 is 2.60 bits per heavy atom. The number of hydrogen-bond acceptors (Lipinski definition) is 1. The monoisotopic (exact) mass is 283 g/mol. The normalized spacial score (nSPS) is 10.0. The minimum atomic E-state index is 0.492. The molecule has 0 aliphatic carbocycles. The van der Waals surface area contributed by atoms with E-state index in [9.17, 15) is 0 Å². The molecule has 0 radical (unpaired) electrons. The molecule has 10 heavy (non-hydrogen) atoms. The molecule has 1 aromatic rings. The third-order valence-electron chi connectivity index (χ3n) is 1.07. The van der Waals surface area contributed by atoms with E-state index in [1.165, 1.54) is 0 Å². The topological polar surface area (TPSA) is 12.9 Å². The molecule has 1 rings (SSSR count). The van der Waals surface area contributed by atoms with Gasteiger partial charge in [0.05, 0.1) is 4.47 Å². The molecule has 0 aromatic carbocycles. The molecular formula is C6H4Br2ClN. The van der Waals surface area contributed by atoms with Crippen LogP contribution in [0.5, 0.6) is 0 Å². The summed E-state index contributed by atoms with van der Waals surface area (Å²) in [7, 11) is 0. The minimum Gasteiger partial charge on any atom is -0.228 e. The fourth-order valence-corrected chi connectivity index (χ4v) is 1.65. The first-order valence-electron chi connectivity index (χ1n) is 2.59. The highest BCUT2D eigenvalue weighted by Crippen LogP contribution is 2.26. The molecule has 0 saturated carbocycles. The summed E-state index contributed by atoms with van der Waals surface area (Å²) in [5.74, 6) is 0. The van der Waals surface area contributed by atoms with Gasteiger partial charge in [-0.1, -0.05) is 11.6 Å². The quantitative estimate of drug-likeness (QED) is 0.664. The van der Waals surface area contributed by atoms with Crippen molar-refractivity contribution in [2.75, 3.05) is 0 Å². The molecule has 0 aliphatic heterocycles. The van der Waals surface area contributed by atoms with Gasteiger partial charge in [-0.3, -0.25) is 0 Å². The average Bonchev–Trinajstić information content (AvgIpc) is 1.82. The van der Waals surface area contributed by atoms with Crippen LogP contribution in [0.2, 0.25) is 5.15 Å². The van der Waals surface area contributed by atoms with Gasteiger partial charge in [0, 0.05) is 0 Å². The number of halogens is 3. The van der Waals surface area contributed by atoms with Crippen LogP contribution < -0.4 is 0 Å². The van der Waals surface area contributed by atoms with Crippen molar-refractivity contribution in [3.63, 3.8) is 0 Å². The fourth-order valence-electron chi connectivity index (χ4n) is 0.580. The predicted molar refractivity (Wildman–Crippen MR) is 49.4 cm³/mol. The summed E-state index contributed by atoms with van der Waals surface area (Å²) >= 11 is 12.3. The highest BCUT2D eigenvalue weighted by atomic mass is 79.9. The Hall–Kier alpha value is 0.400. The minimum absolute atomic E-state index is 0.492. The van der Waals surface area contributed by atoms with Crippen LogP contribution in [-0.4, -0.2) is 4.98 Å². The van der Waals surface area contributed by atoms with Crippen LogP contribution in [0.25, 0.3) is 0 Å². The van der Waals surface area contributed by atoms with Crippen LogP contribution in [0.15, 0.2) is 15.1 Å². The van der Waals surface area contributed by atoms with Gasteiger partial charge >= 0.3 is 0 Å². The van der Waals surface area contributed by atoms with Gasteiger partial charge in [-0.15, -0.1) is 0 Å². The van der Waals surface area contributed by atoms with Crippen LogP contribution in [0.1, 0.15) is 5.56 Å². The van der Waals surface area contributed by atoms with E-state index < -0.39 is 0 Å². The zero-order valence-corrected chi connectivity index (χ0v) is 9.09. The SMILES string of the molecule is Cc1cc(Br)nc(Cl)c1Br. The number of rotatable bonds is 0. The molecule has 0 atom stereocenters. The maximum atomic E-state index is 5.73. The van der Waals surface area contributed by atoms with E-state index >= 15 is 0 Å². The van der Waals surface area contributed by atoms with Crippen molar-refractivity contribution in [2.45, 2.75) is 6.92 Å². The van der Waals surface area contributed by atoms with E-state index in [1.807, 2.05) is 13.0 Å². The third-order valence-corrected chi connectivity index (χ3v) is 2.98. The van der Waals surface area contributed by atoms with Crippen molar-refractivity contribution in [1.82, 2.24) is 4.98 Å². The van der Waals surface area contributed by atoms with Gasteiger partial charge in [0.2, 0.25) is 0 Å². The number of pyridine rings is 1. The number of nitrogens with zero attached hydrogens (tertiary/aromatic N) is 1. The zero-order valence-electron chi connectivity index (χ0n) is 5.16. The Morgan fingerprint density at radius 2 is 2.10 bits per heavy atom. The Labute approximate surface area is 81.1 Å². The maximum Gasteiger partial charge on any atom is 0.144 e. The second kappa shape index (κ2) is 3.20. The van der Waals surface area contributed by atoms with Gasteiger partial charge in [0.15, 0.2) is 0 Å². The van der Waals surface area contributed by atoms with Crippen molar-refractivity contribution in [2.24, 2.45) is 0 Å². The van der Waals surface area contributed by atoms with Gasteiger partial charge in [-0.25, -0.2) is 4.98 Å². The lowest BCUT2D eigenvalue weighted by Crippen LogP contribution is -1.82. The lowest BCUT2D eigenvalue weighted by atomic mass is 10.3. The molecule has 0 N–H and O–H groups in total. The molecule has 1 heterocycles. The smallest absolute Gasteiger partial charge is 0.144 e. The molecule has 0 spiro atoms. The van der Waals surface area contributed by atoms with E-state index in [0.717, 1.165) is 14.6 Å². The highest BCUT2D eigenvalue weighted by molar-refractivity contribution is 9.11. The zero-order chi connectivity index (χ0) is 7.72. The van der Waals surface area contributed by atoms with Crippen LogP contribution in [0.3, 0.4) is 0 Å². The second-order valence-electron chi connectivity index (χ2n) is 1.87. The summed E-state index contributed by atoms with van der Waals surface area (Å²) in [5, 5.41) is 0.492. The summed E-state index contributed by atoms with van der Waals surface area (Å²) in [6.07, 6.45) is 0. The van der Waals surface area contributed by atoms with E-state index in [2.05, 4.69) is 36.8 Å². The van der Waals surface area contributed by atoms with Crippen molar-refractivity contribution in [3.05, 3.63) is 25.9 Å². The average molecular weight is 285 g/mol. The summed E-state index contributed by atoms with van der Waals surface area (Å²) in [6, 6.07) is 1.90. The van der Waals surface area contributed by atoms with Crippen molar-refractivity contribution >= 4 is 43.5 Å². The summed E-state index contributed by atoms with van der Waals surface area (Å²) in [4.78, 5) is 3.97. The van der Waals surface area contributed by atoms with Crippen LogP contribution in [0.4, 0.5) is 0 Å². The molecule has 0 saturated heterocycles. The molecular weight excluding hydrogens is 281 g/mol. The first-order chi connectivity index (χ1) is 4.61. The largest absolute Gasteiger partial charge is 0.228 e. The number of aromatic nitrogens is 1. The van der Waals surface area contributed by atoms with Crippen molar-refractivity contribution in [1.29, 1.82) is 0 Å². The lowest BCUT2D eigenvalue weighted by Gasteiger charge is -1.99. The van der Waals surface area contributed by atoms with Gasteiger partial charge < -0.3 is 0 Å². The predicted octanol–water partition coefficient (Wildman–Crippen LogP) is 3.57. The lowest BCUT2D eigenvalue weighted by molar-refractivity contribution is 1.22. The van der Waals surface area contributed by atoms with Crippen LogP contribution in [0, 0.1) is 6.92 Å².